The first-order chi connectivity index (χ1) is 12.1. The molecule has 0 fully saturated rings. The number of rotatable bonds is 5. The summed E-state index contributed by atoms with van der Waals surface area (Å²) in [6, 6.07) is 27.4. The summed E-state index contributed by atoms with van der Waals surface area (Å²) < 4.78 is 0. The number of benzene rings is 3. The third-order valence-corrected chi connectivity index (χ3v) is 7.36. The van der Waals surface area contributed by atoms with Crippen molar-refractivity contribution in [3.05, 3.63) is 89.5 Å². The molecule has 0 saturated carbocycles. The maximum absolute atomic E-state index is 2.34. The zero-order chi connectivity index (χ0) is 17.8. The average Bonchev–Trinajstić information content (AvgIpc) is 2.65. The van der Waals surface area contributed by atoms with Gasteiger partial charge in [0.25, 0.3) is 0 Å². The lowest BCUT2D eigenvalue weighted by molar-refractivity contribution is 0.734. The summed E-state index contributed by atoms with van der Waals surface area (Å²) in [6.07, 6.45) is 1.18. The summed E-state index contributed by atoms with van der Waals surface area (Å²) in [5.41, 5.74) is 4.07. The van der Waals surface area contributed by atoms with Crippen molar-refractivity contribution in [2.75, 3.05) is 0 Å². The molecular formula is C24H27P. The van der Waals surface area contributed by atoms with Gasteiger partial charge in [-0.3, -0.25) is 0 Å². The summed E-state index contributed by atoms with van der Waals surface area (Å²) in [6.45, 7) is 8.86. The molecule has 3 aromatic rings. The molecular weight excluding hydrogens is 319 g/mol. The fourth-order valence-corrected chi connectivity index (χ4v) is 5.26. The molecule has 0 aliphatic rings. The van der Waals surface area contributed by atoms with E-state index in [0.29, 0.717) is 5.92 Å². The van der Waals surface area contributed by atoms with E-state index in [-0.39, 0.29) is 0 Å². The lowest BCUT2D eigenvalue weighted by Crippen LogP contribution is -2.20. The molecule has 3 aromatic carbocycles. The van der Waals surface area contributed by atoms with Crippen LogP contribution in [0.2, 0.25) is 0 Å². The van der Waals surface area contributed by atoms with Crippen LogP contribution in [-0.2, 0) is 0 Å². The van der Waals surface area contributed by atoms with Gasteiger partial charge in [0.2, 0.25) is 0 Å². The van der Waals surface area contributed by atoms with Gasteiger partial charge in [-0.1, -0.05) is 97.8 Å². The summed E-state index contributed by atoms with van der Waals surface area (Å²) in [5, 5.41) is 4.26. The molecule has 3 rings (SSSR count). The quantitative estimate of drug-likeness (QED) is 0.529. The van der Waals surface area contributed by atoms with Gasteiger partial charge in [-0.2, -0.15) is 0 Å². The zero-order valence-corrected chi connectivity index (χ0v) is 16.6. The zero-order valence-electron chi connectivity index (χ0n) is 15.7. The van der Waals surface area contributed by atoms with Crippen LogP contribution in [0.3, 0.4) is 0 Å². The third-order valence-electron chi connectivity index (χ3n) is 4.92. The summed E-state index contributed by atoms with van der Waals surface area (Å²) >= 11 is 0. The second-order valence-electron chi connectivity index (χ2n) is 6.91. The lowest BCUT2D eigenvalue weighted by atomic mass is 9.99. The monoisotopic (exact) mass is 346 g/mol. The molecule has 128 valence electrons. The molecule has 0 bridgehead atoms. The Morgan fingerprint density at radius 3 is 1.36 bits per heavy atom. The Labute approximate surface area is 153 Å². The van der Waals surface area contributed by atoms with Crippen molar-refractivity contribution in [1.82, 2.24) is 0 Å². The molecule has 0 aliphatic heterocycles. The van der Waals surface area contributed by atoms with E-state index in [4.69, 9.17) is 0 Å². The van der Waals surface area contributed by atoms with Crippen LogP contribution >= 0.6 is 7.92 Å². The third kappa shape index (κ3) is 4.20. The first-order valence-corrected chi connectivity index (χ1v) is 10.5. The molecule has 0 aliphatic carbocycles. The highest BCUT2D eigenvalue weighted by molar-refractivity contribution is 7.79. The van der Waals surface area contributed by atoms with Gasteiger partial charge in [0.1, 0.15) is 0 Å². The van der Waals surface area contributed by atoms with E-state index in [1.165, 1.54) is 39.0 Å². The summed E-state index contributed by atoms with van der Waals surface area (Å²) in [4.78, 5) is 0. The maximum atomic E-state index is 2.34. The largest absolute Gasteiger partial charge is 0.0648 e. The normalized spacial score (nSPS) is 12.4. The SMILES string of the molecule is CCC(C)c1ccc(P(c2ccc(C)cc2)c2ccc(C)cc2)cc1. The average molecular weight is 346 g/mol. The smallest absolute Gasteiger partial charge is 0.0134 e. The van der Waals surface area contributed by atoms with Crippen LogP contribution in [0.5, 0.6) is 0 Å². The minimum Gasteiger partial charge on any atom is -0.0648 e. The Balaban J connectivity index is 2.04. The van der Waals surface area contributed by atoms with Crippen LogP contribution < -0.4 is 15.9 Å². The fourth-order valence-electron chi connectivity index (χ4n) is 3.02. The van der Waals surface area contributed by atoms with Crippen LogP contribution in [-0.4, -0.2) is 0 Å². The Hall–Kier alpha value is -1.91. The van der Waals surface area contributed by atoms with Gasteiger partial charge < -0.3 is 0 Å². The van der Waals surface area contributed by atoms with Crippen LogP contribution in [0.4, 0.5) is 0 Å². The van der Waals surface area contributed by atoms with Gasteiger partial charge in [-0.15, -0.1) is 0 Å². The molecule has 0 heterocycles. The second-order valence-corrected chi connectivity index (χ2v) is 9.13. The molecule has 0 aromatic heterocycles. The number of aryl methyl sites for hydroxylation is 2. The van der Waals surface area contributed by atoms with E-state index in [1.807, 2.05) is 0 Å². The molecule has 0 amide bonds. The van der Waals surface area contributed by atoms with E-state index in [2.05, 4.69) is 100 Å². The Morgan fingerprint density at radius 2 is 1.00 bits per heavy atom. The Kier molecular flexibility index (Phi) is 5.71. The summed E-state index contributed by atoms with van der Waals surface area (Å²) in [7, 11) is -0.507. The maximum Gasteiger partial charge on any atom is -0.0134 e. The lowest BCUT2D eigenvalue weighted by Gasteiger charge is -2.20. The van der Waals surface area contributed by atoms with Crippen molar-refractivity contribution in [3.8, 4) is 0 Å². The first kappa shape index (κ1) is 17.9. The van der Waals surface area contributed by atoms with E-state index < -0.39 is 7.92 Å². The summed E-state index contributed by atoms with van der Waals surface area (Å²) in [5.74, 6) is 0.624. The molecule has 1 unspecified atom stereocenters. The van der Waals surface area contributed by atoms with E-state index >= 15 is 0 Å². The minimum absolute atomic E-state index is 0.507. The number of hydrogen-bond donors (Lipinski definition) is 0. The molecule has 1 atom stereocenters. The van der Waals surface area contributed by atoms with Crippen molar-refractivity contribution in [1.29, 1.82) is 0 Å². The van der Waals surface area contributed by atoms with E-state index in [0.717, 1.165) is 0 Å². The highest BCUT2D eigenvalue weighted by Gasteiger charge is 2.16. The van der Waals surface area contributed by atoms with E-state index in [9.17, 15) is 0 Å². The topological polar surface area (TPSA) is 0 Å². The van der Waals surface area contributed by atoms with Gasteiger partial charge in [0, 0.05) is 0 Å². The van der Waals surface area contributed by atoms with Crippen LogP contribution in [0.1, 0.15) is 42.9 Å². The van der Waals surface area contributed by atoms with Crippen molar-refractivity contribution in [2.24, 2.45) is 0 Å². The molecule has 0 radical (unpaired) electrons. The minimum atomic E-state index is -0.507. The van der Waals surface area contributed by atoms with Crippen molar-refractivity contribution < 1.29 is 0 Å². The van der Waals surface area contributed by atoms with Crippen molar-refractivity contribution in [3.63, 3.8) is 0 Å². The molecule has 0 saturated heterocycles. The highest BCUT2D eigenvalue weighted by atomic mass is 31.1. The molecule has 0 nitrogen and oxygen atoms in total. The van der Waals surface area contributed by atoms with Gasteiger partial charge in [0.15, 0.2) is 0 Å². The van der Waals surface area contributed by atoms with Crippen LogP contribution in [0, 0.1) is 13.8 Å². The Bertz CT molecular complexity index is 753. The predicted octanol–water partition coefficient (Wildman–Crippen LogP) is 5.58. The van der Waals surface area contributed by atoms with E-state index in [1.54, 1.807) is 0 Å². The Morgan fingerprint density at radius 1 is 0.640 bits per heavy atom. The van der Waals surface area contributed by atoms with Gasteiger partial charge in [-0.05, 0) is 55.6 Å². The number of hydrogen-bond acceptors (Lipinski definition) is 0. The van der Waals surface area contributed by atoms with Gasteiger partial charge >= 0.3 is 0 Å². The van der Waals surface area contributed by atoms with Crippen LogP contribution in [0.25, 0.3) is 0 Å². The van der Waals surface area contributed by atoms with Crippen LogP contribution in [0.15, 0.2) is 72.8 Å². The second kappa shape index (κ2) is 7.98. The van der Waals surface area contributed by atoms with Gasteiger partial charge in [-0.25, -0.2) is 0 Å². The molecule has 1 heteroatoms. The first-order valence-electron chi connectivity index (χ1n) is 9.12. The molecule has 25 heavy (non-hydrogen) atoms. The predicted molar refractivity (Wildman–Crippen MR) is 113 cm³/mol. The highest BCUT2D eigenvalue weighted by Crippen LogP contribution is 2.33. The van der Waals surface area contributed by atoms with Gasteiger partial charge in [0.05, 0.1) is 0 Å². The standard InChI is InChI=1S/C24H27P/c1-5-20(4)21-10-16-24(17-11-21)25(22-12-6-18(2)7-13-22)23-14-8-19(3)9-15-23/h6-17,20H,5H2,1-4H3. The van der Waals surface area contributed by atoms with Crippen molar-refractivity contribution >= 4 is 23.8 Å². The van der Waals surface area contributed by atoms with Crippen molar-refractivity contribution in [2.45, 2.75) is 40.0 Å². The molecule has 0 spiro atoms. The molecule has 0 N–H and O–H groups in total. The fraction of sp³-hybridized carbons (Fsp3) is 0.250.